The number of likely N-dealkylation sites (tertiary alicyclic amines) is 1. The highest BCUT2D eigenvalue weighted by atomic mass is 31.2. The Morgan fingerprint density at radius 2 is 1.54 bits per heavy atom. The van der Waals surface area contributed by atoms with Crippen LogP contribution in [0.15, 0.2) is 60.7 Å². The maximum absolute atomic E-state index is 14.0. The lowest BCUT2D eigenvalue weighted by molar-refractivity contribution is -0.132. The summed E-state index contributed by atoms with van der Waals surface area (Å²) in [4.78, 5) is 14.7. The van der Waals surface area contributed by atoms with Crippen molar-refractivity contribution in [1.82, 2.24) is 10.2 Å². The predicted octanol–water partition coefficient (Wildman–Crippen LogP) is 4.04. The Morgan fingerprint density at radius 3 is 2.07 bits per heavy atom. The second-order valence-electron chi connectivity index (χ2n) is 7.15. The van der Waals surface area contributed by atoms with Crippen molar-refractivity contribution in [3.63, 3.8) is 0 Å². The summed E-state index contributed by atoms with van der Waals surface area (Å²) >= 11 is 0. The zero-order valence-corrected chi connectivity index (χ0v) is 16.6. The molecular weight excluding hydrogens is 375 g/mol. The number of carbonyl (C=O) groups excluding carboxylic acids is 1. The number of amides is 1. The van der Waals surface area contributed by atoms with E-state index < -0.39 is 13.4 Å². The van der Waals surface area contributed by atoms with Crippen LogP contribution in [-0.4, -0.2) is 35.7 Å². The summed E-state index contributed by atoms with van der Waals surface area (Å²) in [6, 6.07) is 17.8. The molecule has 1 amide bonds. The van der Waals surface area contributed by atoms with Gasteiger partial charge in [0.2, 0.25) is 5.91 Å². The monoisotopic (exact) mass is 400 g/mol. The fourth-order valence-electron chi connectivity index (χ4n) is 3.83. The van der Waals surface area contributed by atoms with Crippen LogP contribution in [0.5, 0.6) is 11.5 Å². The molecule has 0 saturated carbocycles. The predicted molar refractivity (Wildman–Crippen MR) is 108 cm³/mol. The molecule has 28 heavy (non-hydrogen) atoms. The van der Waals surface area contributed by atoms with Gasteiger partial charge in [-0.15, -0.1) is 0 Å². The molecule has 1 N–H and O–H groups in total. The van der Waals surface area contributed by atoms with E-state index in [1.54, 1.807) is 29.2 Å². The molecule has 2 aromatic rings. The third kappa shape index (κ3) is 4.08. The van der Waals surface area contributed by atoms with Crippen LogP contribution in [0, 0.1) is 0 Å². The van der Waals surface area contributed by atoms with Crippen LogP contribution in [0.1, 0.15) is 25.7 Å². The van der Waals surface area contributed by atoms with Gasteiger partial charge in [-0.25, -0.2) is 4.57 Å². The molecule has 148 valence electrons. The van der Waals surface area contributed by atoms with Crippen molar-refractivity contribution >= 4 is 13.5 Å². The standard InChI is InChI=1S/C21H25N2O4P/c24-21(19-13-7-15-22-19)23-16-8-14-20(23)28(25,26-17-9-3-1-4-10-17)27-18-11-5-2-6-12-18/h1-6,9-12,19-20,22H,7-8,13-16H2. The Balaban J connectivity index is 1.63. The summed E-state index contributed by atoms with van der Waals surface area (Å²) in [5, 5.41) is 3.24. The Labute approximate surface area is 165 Å². The minimum Gasteiger partial charge on any atom is -0.415 e. The summed E-state index contributed by atoms with van der Waals surface area (Å²) in [7, 11) is -3.68. The first-order valence-electron chi connectivity index (χ1n) is 9.79. The molecule has 2 fully saturated rings. The molecule has 2 aliphatic rings. The van der Waals surface area contributed by atoms with Crippen molar-refractivity contribution in [3.05, 3.63) is 60.7 Å². The Hall–Kier alpha value is -2.30. The highest BCUT2D eigenvalue weighted by molar-refractivity contribution is 7.55. The largest absolute Gasteiger partial charge is 0.453 e. The van der Waals surface area contributed by atoms with E-state index in [0.29, 0.717) is 24.5 Å². The van der Waals surface area contributed by atoms with Crippen LogP contribution < -0.4 is 14.4 Å². The van der Waals surface area contributed by atoms with Gasteiger partial charge in [-0.1, -0.05) is 36.4 Å². The highest BCUT2D eigenvalue weighted by Gasteiger charge is 2.48. The number of carbonyl (C=O) groups is 1. The average Bonchev–Trinajstić information content (AvgIpc) is 3.41. The highest BCUT2D eigenvalue weighted by Crippen LogP contribution is 2.57. The van der Waals surface area contributed by atoms with E-state index >= 15 is 0 Å². The van der Waals surface area contributed by atoms with Gasteiger partial charge in [0.05, 0.1) is 6.04 Å². The number of hydrogen-bond donors (Lipinski definition) is 1. The Morgan fingerprint density at radius 1 is 0.929 bits per heavy atom. The van der Waals surface area contributed by atoms with Crippen molar-refractivity contribution in [2.24, 2.45) is 0 Å². The van der Waals surface area contributed by atoms with E-state index in [1.807, 2.05) is 36.4 Å². The van der Waals surface area contributed by atoms with E-state index in [1.165, 1.54) is 0 Å². The number of nitrogens with one attached hydrogen (secondary N) is 1. The van der Waals surface area contributed by atoms with Gasteiger partial charge in [-0.2, -0.15) is 0 Å². The molecule has 0 radical (unpaired) electrons. The van der Waals surface area contributed by atoms with Crippen LogP contribution in [0.4, 0.5) is 0 Å². The van der Waals surface area contributed by atoms with Gasteiger partial charge < -0.3 is 19.3 Å². The fourth-order valence-corrected chi connectivity index (χ4v) is 6.01. The summed E-state index contributed by atoms with van der Waals surface area (Å²) in [6.07, 6.45) is 3.16. The summed E-state index contributed by atoms with van der Waals surface area (Å²) < 4.78 is 25.9. The minimum absolute atomic E-state index is 0.00597. The normalized spacial score (nSPS) is 22.2. The number of benzene rings is 2. The lowest BCUT2D eigenvalue weighted by atomic mass is 10.2. The Bertz CT molecular complexity index is 794. The van der Waals surface area contributed by atoms with Crippen molar-refractivity contribution in [1.29, 1.82) is 0 Å². The minimum atomic E-state index is -3.68. The maximum atomic E-state index is 14.0. The van der Waals surface area contributed by atoms with Crippen molar-refractivity contribution in [2.45, 2.75) is 37.5 Å². The summed E-state index contributed by atoms with van der Waals surface area (Å²) in [5.41, 5.74) is 0. The van der Waals surface area contributed by atoms with Gasteiger partial charge in [0.15, 0.2) is 5.78 Å². The zero-order valence-electron chi connectivity index (χ0n) is 15.7. The molecule has 0 spiro atoms. The molecular formula is C21H25N2O4P. The molecule has 2 atom stereocenters. The van der Waals surface area contributed by atoms with Gasteiger partial charge in [0.25, 0.3) is 0 Å². The van der Waals surface area contributed by atoms with Crippen LogP contribution in [0.25, 0.3) is 0 Å². The van der Waals surface area contributed by atoms with Crippen molar-refractivity contribution in [2.75, 3.05) is 13.1 Å². The number of rotatable bonds is 6. The van der Waals surface area contributed by atoms with Crippen LogP contribution >= 0.6 is 7.60 Å². The van der Waals surface area contributed by atoms with Crippen molar-refractivity contribution < 1.29 is 18.4 Å². The first-order valence-corrected chi connectivity index (χ1v) is 11.4. The second-order valence-corrected chi connectivity index (χ2v) is 9.19. The quantitative estimate of drug-likeness (QED) is 0.742. The molecule has 7 heteroatoms. The maximum Gasteiger partial charge on any atom is 0.453 e. The van der Waals surface area contributed by atoms with Crippen molar-refractivity contribution in [3.8, 4) is 11.5 Å². The lowest BCUT2D eigenvalue weighted by Gasteiger charge is -2.32. The van der Waals surface area contributed by atoms with Crippen LogP contribution in [0.3, 0.4) is 0 Å². The molecule has 2 unspecified atom stereocenters. The molecule has 6 nitrogen and oxygen atoms in total. The third-order valence-corrected chi connectivity index (χ3v) is 7.38. The topological polar surface area (TPSA) is 67.9 Å². The van der Waals surface area contributed by atoms with E-state index in [9.17, 15) is 9.36 Å². The van der Waals surface area contributed by atoms with Gasteiger partial charge >= 0.3 is 7.60 Å². The van der Waals surface area contributed by atoms with E-state index in [4.69, 9.17) is 9.05 Å². The molecule has 2 aliphatic heterocycles. The lowest BCUT2D eigenvalue weighted by Crippen LogP contribution is -2.46. The number of nitrogens with zero attached hydrogens (tertiary/aromatic N) is 1. The van der Waals surface area contributed by atoms with Gasteiger partial charge in [0, 0.05) is 6.54 Å². The van der Waals surface area contributed by atoms with E-state index in [2.05, 4.69) is 5.32 Å². The molecule has 2 aromatic carbocycles. The molecule has 0 aliphatic carbocycles. The number of para-hydroxylation sites is 2. The smallest absolute Gasteiger partial charge is 0.415 e. The molecule has 4 rings (SSSR count). The van der Waals surface area contributed by atoms with E-state index in [-0.39, 0.29) is 11.9 Å². The zero-order chi connectivity index (χ0) is 19.4. The van der Waals surface area contributed by atoms with Gasteiger partial charge in [-0.3, -0.25) is 4.79 Å². The average molecular weight is 400 g/mol. The fraction of sp³-hybridized carbons (Fsp3) is 0.381. The third-order valence-electron chi connectivity index (χ3n) is 5.18. The van der Waals surface area contributed by atoms with Gasteiger partial charge in [-0.05, 0) is 56.5 Å². The Kier molecular flexibility index (Phi) is 5.69. The number of hydrogen-bond acceptors (Lipinski definition) is 5. The second kappa shape index (κ2) is 8.38. The van der Waals surface area contributed by atoms with E-state index in [0.717, 1.165) is 25.8 Å². The molecule has 0 bridgehead atoms. The van der Waals surface area contributed by atoms with Gasteiger partial charge in [0.1, 0.15) is 11.5 Å². The molecule has 0 aromatic heterocycles. The summed E-state index contributed by atoms with van der Waals surface area (Å²) in [6.45, 7) is 1.41. The first kappa shape index (κ1) is 19.0. The molecule has 2 heterocycles. The first-order chi connectivity index (χ1) is 13.7. The summed E-state index contributed by atoms with van der Waals surface area (Å²) in [5.74, 6) is 0.344. The SMILES string of the molecule is O=C(C1CCCN1)N1CCCC1P(=O)(Oc1ccccc1)Oc1ccccc1. The van der Waals surface area contributed by atoms with Crippen LogP contribution in [-0.2, 0) is 9.36 Å². The molecule has 2 saturated heterocycles. The van der Waals surface area contributed by atoms with Crippen LogP contribution in [0.2, 0.25) is 0 Å².